The Morgan fingerprint density at radius 1 is 1.25 bits per heavy atom. The van der Waals surface area contributed by atoms with Crippen molar-refractivity contribution in [2.24, 2.45) is 5.92 Å². The van der Waals surface area contributed by atoms with Crippen LogP contribution in [0.15, 0.2) is 18.2 Å². The molecular weight excluding hydrogens is 307 g/mol. The molecule has 1 aliphatic carbocycles. The Kier molecular flexibility index (Phi) is 4.57. The van der Waals surface area contributed by atoms with Gasteiger partial charge >= 0.3 is 0 Å². The zero-order valence-electron chi connectivity index (χ0n) is 9.06. The van der Waals surface area contributed by atoms with Crippen LogP contribution in [-0.2, 0) is 0 Å². The second kappa shape index (κ2) is 5.75. The maximum Gasteiger partial charge on any atom is 0.0450 e. The zero-order valence-corrected chi connectivity index (χ0v) is 12.2. The molecule has 1 unspecified atom stereocenters. The van der Waals surface area contributed by atoms with Gasteiger partial charge in [-0.15, -0.1) is 0 Å². The van der Waals surface area contributed by atoms with Gasteiger partial charge in [-0.25, -0.2) is 0 Å². The molecule has 0 aromatic heterocycles. The molecule has 0 heterocycles. The van der Waals surface area contributed by atoms with Crippen LogP contribution in [0.25, 0.3) is 0 Å². The van der Waals surface area contributed by atoms with E-state index in [2.05, 4.69) is 15.9 Å². The lowest BCUT2D eigenvalue weighted by Gasteiger charge is -2.16. The van der Waals surface area contributed by atoms with Crippen molar-refractivity contribution in [2.45, 2.75) is 36.9 Å². The molecule has 1 aromatic carbocycles. The number of hydrogen-bond acceptors (Lipinski definition) is 0. The fraction of sp³-hybridized carbons (Fsp3) is 0.538. The van der Waals surface area contributed by atoms with Crippen LogP contribution in [-0.4, -0.2) is 0 Å². The highest BCUT2D eigenvalue weighted by molar-refractivity contribution is 9.09. The minimum Gasteiger partial charge on any atom is -0.0843 e. The minimum atomic E-state index is 0.335. The van der Waals surface area contributed by atoms with Gasteiger partial charge in [0.1, 0.15) is 0 Å². The third kappa shape index (κ3) is 3.15. The van der Waals surface area contributed by atoms with E-state index in [-0.39, 0.29) is 0 Å². The van der Waals surface area contributed by atoms with E-state index in [1.54, 1.807) is 0 Å². The molecule has 88 valence electrons. The first kappa shape index (κ1) is 12.7. The second-order valence-electron chi connectivity index (χ2n) is 4.52. The molecule has 0 radical (unpaired) electrons. The maximum absolute atomic E-state index is 6.19. The average Bonchev–Trinajstić information content (AvgIpc) is 2.74. The van der Waals surface area contributed by atoms with Gasteiger partial charge in [-0.1, -0.05) is 64.8 Å². The van der Waals surface area contributed by atoms with E-state index in [9.17, 15) is 0 Å². The number of benzene rings is 1. The fourth-order valence-corrected chi connectivity index (χ4v) is 3.89. The van der Waals surface area contributed by atoms with Crippen molar-refractivity contribution in [1.82, 2.24) is 0 Å². The highest BCUT2D eigenvalue weighted by Crippen LogP contribution is 2.40. The average molecular weight is 322 g/mol. The molecule has 2 rings (SSSR count). The van der Waals surface area contributed by atoms with Crippen LogP contribution < -0.4 is 0 Å². The molecule has 0 spiro atoms. The van der Waals surface area contributed by atoms with Gasteiger partial charge in [-0.3, -0.25) is 0 Å². The van der Waals surface area contributed by atoms with E-state index >= 15 is 0 Å². The van der Waals surface area contributed by atoms with E-state index in [1.807, 2.05) is 18.2 Å². The molecule has 0 N–H and O–H groups in total. The minimum absolute atomic E-state index is 0.335. The molecule has 3 heteroatoms. The Morgan fingerprint density at radius 3 is 2.62 bits per heavy atom. The van der Waals surface area contributed by atoms with Crippen molar-refractivity contribution in [2.75, 3.05) is 0 Å². The van der Waals surface area contributed by atoms with Gasteiger partial charge in [-0.2, -0.15) is 0 Å². The number of hydrogen-bond donors (Lipinski definition) is 0. The van der Waals surface area contributed by atoms with E-state index < -0.39 is 0 Å². The van der Waals surface area contributed by atoms with E-state index in [0.29, 0.717) is 4.83 Å². The molecule has 1 atom stereocenters. The summed E-state index contributed by atoms with van der Waals surface area (Å²) in [4.78, 5) is 0.335. The van der Waals surface area contributed by atoms with Crippen molar-refractivity contribution in [1.29, 1.82) is 0 Å². The van der Waals surface area contributed by atoms with Crippen LogP contribution in [0.4, 0.5) is 0 Å². The molecule has 0 amide bonds. The molecule has 1 fully saturated rings. The maximum atomic E-state index is 6.19. The summed E-state index contributed by atoms with van der Waals surface area (Å²) in [5.41, 5.74) is 1.13. The Morgan fingerprint density at radius 2 is 1.94 bits per heavy atom. The summed E-state index contributed by atoms with van der Waals surface area (Å²) in [6, 6.07) is 5.68. The SMILES string of the molecule is Clc1ccc(Cl)c(C(Br)CC2CCCC2)c1. The highest BCUT2D eigenvalue weighted by atomic mass is 79.9. The van der Waals surface area contributed by atoms with Crippen LogP contribution in [0.2, 0.25) is 10.0 Å². The van der Waals surface area contributed by atoms with Crippen molar-refractivity contribution in [3.05, 3.63) is 33.8 Å². The lowest BCUT2D eigenvalue weighted by atomic mass is 9.98. The van der Waals surface area contributed by atoms with Gasteiger partial charge in [0.2, 0.25) is 0 Å². The third-order valence-corrected chi connectivity index (χ3v) is 4.76. The van der Waals surface area contributed by atoms with Gasteiger partial charge in [0, 0.05) is 14.9 Å². The zero-order chi connectivity index (χ0) is 11.5. The third-order valence-electron chi connectivity index (χ3n) is 3.31. The number of halogens is 3. The number of rotatable bonds is 3. The normalized spacial score (nSPS) is 18.9. The van der Waals surface area contributed by atoms with Crippen LogP contribution in [0.3, 0.4) is 0 Å². The first-order chi connectivity index (χ1) is 7.66. The first-order valence-corrected chi connectivity index (χ1v) is 7.43. The van der Waals surface area contributed by atoms with Gasteiger partial charge in [-0.05, 0) is 36.1 Å². The molecule has 0 saturated heterocycles. The summed E-state index contributed by atoms with van der Waals surface area (Å²) < 4.78 is 0. The smallest absolute Gasteiger partial charge is 0.0450 e. The Labute approximate surface area is 115 Å². The van der Waals surface area contributed by atoms with Crippen LogP contribution in [0.5, 0.6) is 0 Å². The van der Waals surface area contributed by atoms with Gasteiger partial charge in [0.05, 0.1) is 0 Å². The lowest BCUT2D eigenvalue weighted by molar-refractivity contribution is 0.502. The van der Waals surface area contributed by atoms with Crippen LogP contribution in [0.1, 0.15) is 42.5 Å². The summed E-state index contributed by atoms with van der Waals surface area (Å²) >= 11 is 15.9. The van der Waals surface area contributed by atoms with E-state index in [4.69, 9.17) is 23.2 Å². The first-order valence-electron chi connectivity index (χ1n) is 5.76. The van der Waals surface area contributed by atoms with Crippen LogP contribution >= 0.6 is 39.1 Å². The molecule has 0 nitrogen and oxygen atoms in total. The van der Waals surface area contributed by atoms with Crippen molar-refractivity contribution in [3.63, 3.8) is 0 Å². The monoisotopic (exact) mass is 320 g/mol. The Bertz CT molecular complexity index is 359. The van der Waals surface area contributed by atoms with Gasteiger partial charge in [0.15, 0.2) is 0 Å². The van der Waals surface area contributed by atoms with Gasteiger partial charge in [0.25, 0.3) is 0 Å². The van der Waals surface area contributed by atoms with Crippen molar-refractivity contribution in [3.8, 4) is 0 Å². The highest BCUT2D eigenvalue weighted by Gasteiger charge is 2.21. The standard InChI is InChI=1S/C13H15BrCl2/c14-12(7-9-3-1-2-4-9)11-8-10(15)5-6-13(11)16/h5-6,8-9,12H,1-4,7H2. The predicted octanol–water partition coefficient (Wildman–Crippen LogP) is 6.01. The van der Waals surface area contributed by atoms with E-state index in [1.165, 1.54) is 32.1 Å². The Balaban J connectivity index is 2.07. The molecule has 0 bridgehead atoms. The van der Waals surface area contributed by atoms with Gasteiger partial charge < -0.3 is 0 Å². The number of alkyl halides is 1. The summed E-state index contributed by atoms with van der Waals surface area (Å²) in [6.07, 6.45) is 6.65. The summed E-state index contributed by atoms with van der Waals surface area (Å²) in [5, 5.41) is 1.57. The molecule has 1 saturated carbocycles. The quantitative estimate of drug-likeness (QED) is 0.598. The second-order valence-corrected chi connectivity index (χ2v) is 6.47. The van der Waals surface area contributed by atoms with Crippen LogP contribution in [0, 0.1) is 5.92 Å². The molecule has 1 aromatic rings. The van der Waals surface area contributed by atoms with Crippen molar-refractivity contribution < 1.29 is 0 Å². The lowest BCUT2D eigenvalue weighted by Crippen LogP contribution is -2.00. The van der Waals surface area contributed by atoms with E-state index in [0.717, 1.165) is 21.5 Å². The largest absolute Gasteiger partial charge is 0.0843 e. The Hall–Kier alpha value is 0.280. The summed E-state index contributed by atoms with van der Waals surface area (Å²) in [7, 11) is 0. The molecule has 0 aliphatic heterocycles. The fourth-order valence-electron chi connectivity index (χ4n) is 2.42. The predicted molar refractivity (Wildman–Crippen MR) is 74.7 cm³/mol. The van der Waals surface area contributed by atoms with Crippen molar-refractivity contribution >= 4 is 39.1 Å². The molecule has 16 heavy (non-hydrogen) atoms. The summed E-state index contributed by atoms with van der Waals surface area (Å²) in [5.74, 6) is 0.847. The molecule has 1 aliphatic rings. The molecular formula is C13H15BrCl2. The summed E-state index contributed by atoms with van der Waals surface area (Å²) in [6.45, 7) is 0. The topological polar surface area (TPSA) is 0 Å².